The van der Waals surface area contributed by atoms with Gasteiger partial charge in [-0.15, -0.1) is 0 Å². The van der Waals surface area contributed by atoms with Crippen LogP contribution in [0.15, 0.2) is 18.2 Å². The van der Waals surface area contributed by atoms with Crippen molar-refractivity contribution in [3.05, 3.63) is 34.9 Å². The molecule has 0 aliphatic heterocycles. The minimum atomic E-state index is -0.767. The fourth-order valence-electron chi connectivity index (χ4n) is 2.95. The van der Waals surface area contributed by atoms with Gasteiger partial charge in [-0.3, -0.25) is 4.79 Å². The van der Waals surface area contributed by atoms with Gasteiger partial charge >= 0.3 is 5.97 Å². The first-order chi connectivity index (χ1) is 7.95. The number of carboxylic acid groups (broad SMARTS) is 1. The van der Waals surface area contributed by atoms with E-state index in [9.17, 15) is 4.79 Å². The van der Waals surface area contributed by atoms with Gasteiger partial charge in [0.25, 0.3) is 0 Å². The van der Waals surface area contributed by atoms with Crippen LogP contribution < -0.4 is 5.73 Å². The van der Waals surface area contributed by atoms with Gasteiger partial charge in [0.15, 0.2) is 0 Å². The van der Waals surface area contributed by atoms with E-state index in [2.05, 4.69) is 18.2 Å². The lowest BCUT2D eigenvalue weighted by Crippen LogP contribution is -2.43. The average molecular weight is 233 g/mol. The Labute approximate surface area is 102 Å². The number of aliphatic carboxylic acids is 1. The average Bonchev–Trinajstić information content (AvgIpc) is 2.57. The molecule has 0 bridgehead atoms. The van der Waals surface area contributed by atoms with Gasteiger partial charge in [-0.05, 0) is 37.8 Å². The van der Waals surface area contributed by atoms with E-state index >= 15 is 0 Å². The summed E-state index contributed by atoms with van der Waals surface area (Å²) < 4.78 is 0. The van der Waals surface area contributed by atoms with Crippen molar-refractivity contribution in [2.75, 3.05) is 0 Å². The lowest BCUT2D eigenvalue weighted by molar-refractivity contribution is -0.138. The predicted octanol–water partition coefficient (Wildman–Crippen LogP) is 2.00. The molecule has 1 aliphatic carbocycles. The third-order valence-corrected chi connectivity index (χ3v) is 3.98. The Hall–Kier alpha value is -1.35. The summed E-state index contributed by atoms with van der Waals surface area (Å²) in [7, 11) is 0. The van der Waals surface area contributed by atoms with Gasteiger partial charge in [0.05, 0.1) is 6.42 Å². The molecule has 0 amide bonds. The van der Waals surface area contributed by atoms with E-state index in [1.807, 2.05) is 13.8 Å². The van der Waals surface area contributed by atoms with Crippen LogP contribution in [0.2, 0.25) is 0 Å². The Kier molecular flexibility index (Phi) is 2.96. The molecule has 2 atom stereocenters. The van der Waals surface area contributed by atoms with Crippen molar-refractivity contribution in [2.24, 2.45) is 5.73 Å². The first-order valence-corrected chi connectivity index (χ1v) is 6.03. The molecule has 0 fully saturated rings. The highest BCUT2D eigenvalue weighted by molar-refractivity contribution is 5.70. The van der Waals surface area contributed by atoms with Crippen molar-refractivity contribution < 1.29 is 9.90 Å². The van der Waals surface area contributed by atoms with E-state index in [0.29, 0.717) is 0 Å². The van der Waals surface area contributed by atoms with Gasteiger partial charge < -0.3 is 10.8 Å². The monoisotopic (exact) mass is 233 g/mol. The van der Waals surface area contributed by atoms with Crippen LogP contribution in [0.3, 0.4) is 0 Å². The van der Waals surface area contributed by atoms with E-state index in [1.54, 1.807) is 0 Å². The Morgan fingerprint density at radius 1 is 1.59 bits per heavy atom. The molecule has 1 aliphatic rings. The van der Waals surface area contributed by atoms with E-state index in [4.69, 9.17) is 10.8 Å². The number of rotatable bonds is 3. The predicted molar refractivity (Wildman–Crippen MR) is 67.1 cm³/mol. The van der Waals surface area contributed by atoms with E-state index in [-0.39, 0.29) is 17.9 Å². The molecule has 17 heavy (non-hydrogen) atoms. The number of benzene rings is 1. The molecule has 0 heterocycles. The summed E-state index contributed by atoms with van der Waals surface area (Å²) in [5.74, 6) is -0.767. The molecule has 3 nitrogen and oxygen atoms in total. The fraction of sp³-hybridized carbons (Fsp3) is 0.500. The minimum absolute atomic E-state index is 0.126. The summed E-state index contributed by atoms with van der Waals surface area (Å²) >= 11 is 0. The second-order valence-electron chi connectivity index (χ2n) is 5.18. The molecule has 0 saturated heterocycles. The molecule has 0 radical (unpaired) electrons. The molecular formula is C14H19NO2. The third-order valence-electron chi connectivity index (χ3n) is 3.98. The topological polar surface area (TPSA) is 63.3 Å². The standard InChI is InChI=1S/C14H19NO2/c1-9-3-4-11-5-6-14(10(2)15,8-13(16)17)12(11)7-9/h3-4,7,10H,5-6,8,15H2,1-2H3,(H,16,17). The smallest absolute Gasteiger partial charge is 0.304 e. The summed E-state index contributed by atoms with van der Waals surface area (Å²) in [4.78, 5) is 11.1. The zero-order valence-electron chi connectivity index (χ0n) is 10.4. The van der Waals surface area contributed by atoms with Crippen molar-refractivity contribution in [1.82, 2.24) is 0 Å². The maximum Gasteiger partial charge on any atom is 0.304 e. The summed E-state index contributed by atoms with van der Waals surface area (Å²) in [6, 6.07) is 6.16. The number of carbonyl (C=O) groups is 1. The zero-order chi connectivity index (χ0) is 12.6. The molecule has 2 unspecified atom stereocenters. The van der Waals surface area contributed by atoms with Crippen molar-refractivity contribution >= 4 is 5.97 Å². The SMILES string of the molecule is Cc1ccc2c(c1)C(CC(=O)O)(C(C)N)CC2. The van der Waals surface area contributed by atoms with Gasteiger partial charge in [-0.2, -0.15) is 0 Å². The van der Waals surface area contributed by atoms with Crippen LogP contribution in [0.4, 0.5) is 0 Å². The highest BCUT2D eigenvalue weighted by Gasteiger charge is 2.43. The molecule has 92 valence electrons. The van der Waals surface area contributed by atoms with E-state index in [1.165, 1.54) is 11.1 Å². The van der Waals surface area contributed by atoms with Gasteiger partial charge in [-0.25, -0.2) is 0 Å². The Morgan fingerprint density at radius 3 is 2.88 bits per heavy atom. The van der Waals surface area contributed by atoms with Crippen LogP contribution in [-0.2, 0) is 16.6 Å². The first-order valence-electron chi connectivity index (χ1n) is 6.03. The second-order valence-corrected chi connectivity index (χ2v) is 5.18. The highest BCUT2D eigenvalue weighted by Crippen LogP contribution is 2.43. The third kappa shape index (κ3) is 1.95. The maximum atomic E-state index is 11.1. The number of fused-ring (bicyclic) bond motifs is 1. The lowest BCUT2D eigenvalue weighted by Gasteiger charge is -2.33. The van der Waals surface area contributed by atoms with Crippen LogP contribution in [0.25, 0.3) is 0 Å². The Morgan fingerprint density at radius 2 is 2.29 bits per heavy atom. The van der Waals surface area contributed by atoms with Crippen LogP contribution in [0.5, 0.6) is 0 Å². The summed E-state index contributed by atoms with van der Waals surface area (Å²) in [6.45, 7) is 3.95. The van der Waals surface area contributed by atoms with Gasteiger partial charge in [-0.1, -0.05) is 23.8 Å². The van der Waals surface area contributed by atoms with Gasteiger partial charge in [0.1, 0.15) is 0 Å². The van der Waals surface area contributed by atoms with Crippen LogP contribution in [0.1, 0.15) is 36.5 Å². The normalized spacial score (nSPS) is 24.4. The zero-order valence-corrected chi connectivity index (χ0v) is 10.4. The number of hydrogen-bond acceptors (Lipinski definition) is 2. The Bertz CT molecular complexity index is 454. The van der Waals surface area contributed by atoms with Crippen molar-refractivity contribution in [3.63, 3.8) is 0 Å². The van der Waals surface area contributed by atoms with Crippen LogP contribution >= 0.6 is 0 Å². The lowest BCUT2D eigenvalue weighted by atomic mass is 9.73. The van der Waals surface area contributed by atoms with Crippen LogP contribution in [-0.4, -0.2) is 17.1 Å². The molecule has 0 saturated carbocycles. The van der Waals surface area contributed by atoms with Crippen molar-refractivity contribution in [3.8, 4) is 0 Å². The fourth-order valence-corrected chi connectivity index (χ4v) is 2.95. The summed E-state index contributed by atoms with van der Waals surface area (Å²) in [5, 5.41) is 9.13. The van der Waals surface area contributed by atoms with E-state index in [0.717, 1.165) is 18.4 Å². The van der Waals surface area contributed by atoms with Gasteiger partial charge in [0.2, 0.25) is 0 Å². The number of nitrogens with two attached hydrogens (primary N) is 1. The van der Waals surface area contributed by atoms with Crippen molar-refractivity contribution in [2.45, 2.75) is 44.6 Å². The van der Waals surface area contributed by atoms with Gasteiger partial charge in [0, 0.05) is 11.5 Å². The number of carboxylic acids is 1. The second kappa shape index (κ2) is 4.15. The number of aryl methyl sites for hydroxylation is 2. The minimum Gasteiger partial charge on any atom is -0.481 e. The molecule has 1 aromatic carbocycles. The largest absolute Gasteiger partial charge is 0.481 e. The Balaban J connectivity index is 2.51. The molecule has 0 aromatic heterocycles. The molecule has 3 heteroatoms. The molecule has 2 rings (SSSR count). The van der Waals surface area contributed by atoms with E-state index < -0.39 is 5.97 Å². The quantitative estimate of drug-likeness (QED) is 0.839. The molecule has 1 aromatic rings. The molecule has 0 spiro atoms. The van der Waals surface area contributed by atoms with Crippen molar-refractivity contribution in [1.29, 1.82) is 0 Å². The first kappa shape index (κ1) is 12.1. The highest BCUT2D eigenvalue weighted by atomic mass is 16.4. The summed E-state index contributed by atoms with van der Waals surface area (Å²) in [5.41, 5.74) is 9.27. The maximum absolute atomic E-state index is 11.1. The van der Waals surface area contributed by atoms with Crippen LogP contribution in [0, 0.1) is 6.92 Å². The number of hydrogen-bond donors (Lipinski definition) is 2. The summed E-state index contributed by atoms with van der Waals surface area (Å²) in [6.07, 6.45) is 1.90. The molecular weight excluding hydrogens is 214 g/mol. The molecule has 3 N–H and O–H groups in total.